The predicted octanol–water partition coefficient (Wildman–Crippen LogP) is 3.18. The highest BCUT2D eigenvalue weighted by atomic mass is 16.5. The lowest BCUT2D eigenvalue weighted by atomic mass is 9.64. The Kier molecular flexibility index (Phi) is 4.70. The van der Waals surface area contributed by atoms with Crippen LogP contribution < -0.4 is 10.6 Å². The Morgan fingerprint density at radius 3 is 2.70 bits per heavy atom. The number of carbonyl (C=O) groups excluding carboxylic acids is 2. The average Bonchev–Trinajstić information content (AvgIpc) is 2.67. The molecule has 140 valence electrons. The highest BCUT2D eigenvalue weighted by Crippen LogP contribution is 2.45. The van der Waals surface area contributed by atoms with Crippen molar-refractivity contribution in [1.29, 1.82) is 0 Å². The van der Waals surface area contributed by atoms with E-state index in [1.54, 1.807) is 0 Å². The van der Waals surface area contributed by atoms with Gasteiger partial charge in [0, 0.05) is 17.8 Å². The Bertz CT molecular complexity index is 887. The summed E-state index contributed by atoms with van der Waals surface area (Å²) in [6, 6.07) is 13.5. The molecule has 4 rings (SSSR count). The van der Waals surface area contributed by atoms with Crippen molar-refractivity contribution >= 4 is 17.6 Å². The van der Waals surface area contributed by atoms with E-state index in [-0.39, 0.29) is 11.9 Å². The van der Waals surface area contributed by atoms with E-state index in [1.807, 2.05) is 42.5 Å². The van der Waals surface area contributed by atoms with Crippen LogP contribution in [0.3, 0.4) is 0 Å². The van der Waals surface area contributed by atoms with E-state index < -0.39 is 5.41 Å². The predicted molar refractivity (Wildman–Crippen MR) is 104 cm³/mol. The molecule has 0 saturated heterocycles. The number of rotatable bonds is 4. The second-order valence-electron chi connectivity index (χ2n) is 7.37. The first-order valence-electron chi connectivity index (χ1n) is 9.45. The van der Waals surface area contributed by atoms with Gasteiger partial charge in [-0.2, -0.15) is 0 Å². The summed E-state index contributed by atoms with van der Waals surface area (Å²) in [5.41, 5.74) is 4.18. The van der Waals surface area contributed by atoms with E-state index in [9.17, 15) is 9.59 Å². The Morgan fingerprint density at radius 1 is 1.11 bits per heavy atom. The third kappa shape index (κ3) is 3.23. The number of amides is 1. The van der Waals surface area contributed by atoms with Crippen molar-refractivity contribution in [2.45, 2.75) is 37.6 Å². The van der Waals surface area contributed by atoms with Crippen LogP contribution in [0.1, 0.15) is 46.3 Å². The molecule has 1 fully saturated rings. The van der Waals surface area contributed by atoms with Crippen LogP contribution in [-0.4, -0.2) is 25.5 Å². The highest BCUT2D eigenvalue weighted by molar-refractivity contribution is 6.04. The quantitative estimate of drug-likeness (QED) is 0.818. The van der Waals surface area contributed by atoms with Gasteiger partial charge in [-0.05, 0) is 66.8 Å². The first-order chi connectivity index (χ1) is 13.1. The number of nitrogens with one attached hydrogen (secondary N) is 2. The average molecular weight is 364 g/mol. The molecule has 0 radical (unpaired) electrons. The fourth-order valence-electron chi connectivity index (χ4n) is 4.06. The largest absolute Gasteiger partial charge is 0.468 e. The van der Waals surface area contributed by atoms with Crippen LogP contribution in [0.15, 0.2) is 42.5 Å². The zero-order chi connectivity index (χ0) is 18.9. The maximum atomic E-state index is 12.7. The minimum absolute atomic E-state index is 0.138. The molecule has 5 heteroatoms. The lowest BCUT2D eigenvalue weighted by Crippen LogP contribution is -2.43. The minimum atomic E-state index is -0.563. The van der Waals surface area contributed by atoms with E-state index in [4.69, 9.17) is 4.74 Å². The van der Waals surface area contributed by atoms with Gasteiger partial charge >= 0.3 is 5.97 Å². The summed E-state index contributed by atoms with van der Waals surface area (Å²) < 4.78 is 5.02. The standard InChI is InChI=1S/C22H24N2O3/c1-27-21(26)22(9-3-10-22)18-4-2-5-19(13-18)24-20(25)16-7-6-15-8-11-23-14-17(15)12-16/h2,4-7,12-13,23H,3,8-11,14H2,1H3,(H,24,25). The minimum Gasteiger partial charge on any atom is -0.468 e. The fourth-order valence-corrected chi connectivity index (χ4v) is 4.06. The van der Waals surface area contributed by atoms with Crippen LogP contribution in [0.4, 0.5) is 5.69 Å². The van der Waals surface area contributed by atoms with Gasteiger partial charge in [0.1, 0.15) is 0 Å². The lowest BCUT2D eigenvalue weighted by Gasteiger charge is -2.39. The molecule has 0 spiro atoms. The summed E-state index contributed by atoms with van der Waals surface area (Å²) in [6.07, 6.45) is 3.58. The number of esters is 1. The SMILES string of the molecule is COC(=O)C1(c2cccc(NC(=O)c3ccc4c(c3)CNCC4)c2)CCC1. The summed E-state index contributed by atoms with van der Waals surface area (Å²) in [4.78, 5) is 25.0. The molecule has 27 heavy (non-hydrogen) atoms. The van der Waals surface area contributed by atoms with Gasteiger partial charge in [0.15, 0.2) is 0 Å². The van der Waals surface area contributed by atoms with Crippen LogP contribution in [-0.2, 0) is 27.9 Å². The number of hydrogen-bond acceptors (Lipinski definition) is 4. The van der Waals surface area contributed by atoms with E-state index in [2.05, 4.69) is 10.6 Å². The van der Waals surface area contributed by atoms with Crippen molar-refractivity contribution in [2.75, 3.05) is 19.0 Å². The molecule has 1 heterocycles. The van der Waals surface area contributed by atoms with Crippen molar-refractivity contribution in [3.8, 4) is 0 Å². The zero-order valence-corrected chi connectivity index (χ0v) is 15.5. The molecule has 0 atom stereocenters. The van der Waals surface area contributed by atoms with Crippen LogP contribution in [0, 0.1) is 0 Å². The molecule has 2 aromatic rings. The monoisotopic (exact) mass is 364 g/mol. The lowest BCUT2D eigenvalue weighted by molar-refractivity contribution is -0.151. The number of anilines is 1. The molecule has 1 saturated carbocycles. The second-order valence-corrected chi connectivity index (χ2v) is 7.37. The molecule has 0 aromatic heterocycles. The van der Waals surface area contributed by atoms with Crippen molar-refractivity contribution in [1.82, 2.24) is 5.32 Å². The van der Waals surface area contributed by atoms with Crippen LogP contribution in [0.2, 0.25) is 0 Å². The molecule has 0 bridgehead atoms. The number of methoxy groups -OCH3 is 1. The Balaban J connectivity index is 1.55. The van der Waals surface area contributed by atoms with E-state index >= 15 is 0 Å². The normalized spacial score (nSPS) is 17.4. The van der Waals surface area contributed by atoms with Gasteiger partial charge in [-0.15, -0.1) is 0 Å². The number of hydrogen-bond donors (Lipinski definition) is 2. The summed E-state index contributed by atoms with van der Waals surface area (Å²) in [6.45, 7) is 1.78. The molecule has 1 aliphatic carbocycles. The number of fused-ring (bicyclic) bond motifs is 1. The van der Waals surface area contributed by atoms with Gasteiger partial charge in [-0.25, -0.2) is 0 Å². The Labute approximate surface area is 159 Å². The molecule has 2 aromatic carbocycles. The second kappa shape index (κ2) is 7.16. The molecule has 5 nitrogen and oxygen atoms in total. The van der Waals surface area contributed by atoms with Gasteiger partial charge in [0.05, 0.1) is 12.5 Å². The van der Waals surface area contributed by atoms with Gasteiger partial charge in [0.25, 0.3) is 5.91 Å². The van der Waals surface area contributed by atoms with Crippen molar-refractivity contribution < 1.29 is 14.3 Å². The van der Waals surface area contributed by atoms with Crippen molar-refractivity contribution in [3.63, 3.8) is 0 Å². The molecule has 2 N–H and O–H groups in total. The van der Waals surface area contributed by atoms with Crippen molar-refractivity contribution in [2.24, 2.45) is 0 Å². The van der Waals surface area contributed by atoms with E-state index in [1.165, 1.54) is 18.2 Å². The topological polar surface area (TPSA) is 67.4 Å². The molecular formula is C22H24N2O3. The van der Waals surface area contributed by atoms with Gasteiger partial charge < -0.3 is 15.4 Å². The third-order valence-electron chi connectivity index (χ3n) is 5.81. The highest BCUT2D eigenvalue weighted by Gasteiger charge is 2.46. The fraction of sp³-hybridized carbons (Fsp3) is 0.364. The summed E-state index contributed by atoms with van der Waals surface area (Å²) in [5, 5.41) is 6.31. The Morgan fingerprint density at radius 2 is 1.96 bits per heavy atom. The summed E-state index contributed by atoms with van der Waals surface area (Å²) in [7, 11) is 1.43. The summed E-state index contributed by atoms with van der Waals surface area (Å²) >= 11 is 0. The maximum Gasteiger partial charge on any atom is 0.316 e. The first-order valence-corrected chi connectivity index (χ1v) is 9.45. The molecule has 1 amide bonds. The number of benzene rings is 2. The van der Waals surface area contributed by atoms with E-state index in [0.29, 0.717) is 11.3 Å². The smallest absolute Gasteiger partial charge is 0.316 e. The Hall–Kier alpha value is -2.66. The zero-order valence-electron chi connectivity index (χ0n) is 15.5. The maximum absolute atomic E-state index is 12.7. The van der Waals surface area contributed by atoms with Gasteiger partial charge in [-0.3, -0.25) is 9.59 Å². The molecule has 0 unspecified atom stereocenters. The number of ether oxygens (including phenoxy) is 1. The first kappa shape index (κ1) is 17.7. The molecule has 2 aliphatic rings. The summed E-state index contributed by atoms with van der Waals surface area (Å²) in [5.74, 6) is -0.333. The van der Waals surface area contributed by atoms with Crippen LogP contribution >= 0.6 is 0 Å². The van der Waals surface area contributed by atoms with E-state index in [0.717, 1.165) is 44.3 Å². The van der Waals surface area contributed by atoms with Crippen molar-refractivity contribution in [3.05, 3.63) is 64.7 Å². The van der Waals surface area contributed by atoms with Gasteiger partial charge in [0.2, 0.25) is 0 Å². The third-order valence-corrected chi connectivity index (χ3v) is 5.81. The van der Waals surface area contributed by atoms with Crippen LogP contribution in [0.25, 0.3) is 0 Å². The van der Waals surface area contributed by atoms with Gasteiger partial charge in [-0.1, -0.05) is 24.6 Å². The molecular weight excluding hydrogens is 340 g/mol. The molecule has 1 aliphatic heterocycles. The number of carbonyl (C=O) groups is 2. The van der Waals surface area contributed by atoms with Crippen LogP contribution in [0.5, 0.6) is 0 Å².